The van der Waals surface area contributed by atoms with Crippen LogP contribution >= 0.6 is 11.3 Å². The number of anilines is 1. The number of rotatable bonds is 7. The minimum atomic E-state index is 0.769. The summed E-state index contributed by atoms with van der Waals surface area (Å²) in [6.07, 6.45) is 11.3. The predicted octanol–water partition coefficient (Wildman–Crippen LogP) is 4.17. The third-order valence-corrected chi connectivity index (χ3v) is 5.39. The summed E-state index contributed by atoms with van der Waals surface area (Å²) in [6.45, 7) is 7.44. The predicted molar refractivity (Wildman–Crippen MR) is 94.2 cm³/mol. The molecule has 0 aromatic carbocycles. The average molecular weight is 308 g/mol. The van der Waals surface area contributed by atoms with E-state index in [0.29, 0.717) is 0 Å². The van der Waals surface area contributed by atoms with Crippen LogP contribution in [-0.4, -0.2) is 31.7 Å². The van der Waals surface area contributed by atoms with Crippen molar-refractivity contribution in [2.24, 2.45) is 5.92 Å². The number of nitrogens with one attached hydrogen (secondary N) is 1. The van der Waals surface area contributed by atoms with Gasteiger partial charge in [0.25, 0.3) is 0 Å². The van der Waals surface area contributed by atoms with Gasteiger partial charge < -0.3 is 10.2 Å². The van der Waals surface area contributed by atoms with Gasteiger partial charge in [-0.2, -0.15) is 0 Å². The molecule has 0 radical (unpaired) electrons. The second-order valence-electron chi connectivity index (χ2n) is 5.80. The number of hydrogen-bond acceptors (Lipinski definition) is 4. The molecule has 1 fully saturated rings. The molecule has 1 aromatic heterocycles. The SMILES string of the molecule is CCN(CC)c1ncc(/C=C(/CNC)C2CCCCC2)s1. The highest BCUT2D eigenvalue weighted by Gasteiger charge is 2.18. The van der Waals surface area contributed by atoms with Crippen LogP contribution in [0.4, 0.5) is 5.13 Å². The van der Waals surface area contributed by atoms with E-state index in [4.69, 9.17) is 0 Å². The van der Waals surface area contributed by atoms with E-state index in [-0.39, 0.29) is 0 Å². The van der Waals surface area contributed by atoms with Gasteiger partial charge in [0.05, 0.1) is 0 Å². The van der Waals surface area contributed by atoms with E-state index in [1.54, 1.807) is 5.57 Å². The van der Waals surface area contributed by atoms with Gasteiger partial charge in [0.15, 0.2) is 5.13 Å². The first-order valence-corrected chi connectivity index (χ1v) is 9.16. The van der Waals surface area contributed by atoms with Gasteiger partial charge in [-0.1, -0.05) is 36.2 Å². The van der Waals surface area contributed by atoms with Crippen molar-refractivity contribution in [1.29, 1.82) is 0 Å². The highest BCUT2D eigenvalue weighted by Crippen LogP contribution is 2.32. The quantitative estimate of drug-likeness (QED) is 0.819. The molecule has 0 amide bonds. The molecule has 1 saturated carbocycles. The van der Waals surface area contributed by atoms with Crippen molar-refractivity contribution in [2.75, 3.05) is 31.6 Å². The molecule has 1 aliphatic carbocycles. The molecule has 21 heavy (non-hydrogen) atoms. The van der Waals surface area contributed by atoms with Gasteiger partial charge in [0, 0.05) is 30.7 Å². The Morgan fingerprint density at radius 1 is 1.33 bits per heavy atom. The van der Waals surface area contributed by atoms with E-state index in [0.717, 1.165) is 30.7 Å². The molecule has 0 saturated heterocycles. The van der Waals surface area contributed by atoms with Crippen molar-refractivity contribution in [3.05, 3.63) is 16.6 Å². The highest BCUT2D eigenvalue weighted by atomic mass is 32.1. The molecule has 4 heteroatoms. The van der Waals surface area contributed by atoms with Crippen molar-refractivity contribution in [2.45, 2.75) is 46.0 Å². The van der Waals surface area contributed by atoms with Crippen molar-refractivity contribution < 1.29 is 0 Å². The summed E-state index contributed by atoms with van der Waals surface area (Å²) < 4.78 is 0. The molecule has 0 aliphatic heterocycles. The lowest BCUT2D eigenvalue weighted by Crippen LogP contribution is -2.21. The monoisotopic (exact) mass is 307 g/mol. The first-order chi connectivity index (χ1) is 10.3. The molecule has 1 N–H and O–H groups in total. The van der Waals surface area contributed by atoms with Crippen LogP contribution in [0.15, 0.2) is 11.8 Å². The molecule has 118 valence electrons. The zero-order chi connectivity index (χ0) is 15.1. The van der Waals surface area contributed by atoms with Gasteiger partial charge in [0.2, 0.25) is 0 Å². The van der Waals surface area contributed by atoms with Crippen molar-refractivity contribution in [3.63, 3.8) is 0 Å². The second kappa shape index (κ2) is 8.54. The maximum absolute atomic E-state index is 4.60. The number of thiazole rings is 1. The lowest BCUT2D eigenvalue weighted by Gasteiger charge is -2.24. The minimum absolute atomic E-state index is 0.769. The Kier molecular flexibility index (Phi) is 6.71. The van der Waals surface area contributed by atoms with Crippen LogP contribution < -0.4 is 10.2 Å². The van der Waals surface area contributed by atoms with E-state index < -0.39 is 0 Å². The second-order valence-corrected chi connectivity index (χ2v) is 6.84. The highest BCUT2D eigenvalue weighted by molar-refractivity contribution is 7.16. The van der Waals surface area contributed by atoms with Gasteiger partial charge in [-0.25, -0.2) is 4.98 Å². The molecular formula is C17H29N3S. The van der Waals surface area contributed by atoms with Gasteiger partial charge >= 0.3 is 0 Å². The molecule has 1 heterocycles. The summed E-state index contributed by atoms with van der Waals surface area (Å²) in [6, 6.07) is 0. The fourth-order valence-electron chi connectivity index (χ4n) is 3.16. The van der Waals surface area contributed by atoms with Crippen LogP contribution in [0.2, 0.25) is 0 Å². The molecule has 0 spiro atoms. The van der Waals surface area contributed by atoms with E-state index in [1.807, 2.05) is 24.6 Å². The van der Waals surface area contributed by atoms with Crippen LogP contribution in [0.3, 0.4) is 0 Å². The first-order valence-electron chi connectivity index (χ1n) is 8.34. The Labute approximate surface area is 133 Å². The van der Waals surface area contributed by atoms with Crippen LogP contribution in [-0.2, 0) is 0 Å². The maximum Gasteiger partial charge on any atom is 0.185 e. The number of nitrogens with zero attached hydrogens (tertiary/aromatic N) is 2. The molecule has 0 unspecified atom stereocenters. The number of likely N-dealkylation sites (N-methyl/N-ethyl adjacent to an activating group) is 1. The van der Waals surface area contributed by atoms with Gasteiger partial charge in [0.1, 0.15) is 0 Å². The van der Waals surface area contributed by atoms with E-state index in [9.17, 15) is 0 Å². The number of hydrogen-bond donors (Lipinski definition) is 1. The smallest absolute Gasteiger partial charge is 0.185 e. The number of aromatic nitrogens is 1. The lowest BCUT2D eigenvalue weighted by atomic mass is 9.83. The zero-order valence-electron chi connectivity index (χ0n) is 13.7. The maximum atomic E-state index is 4.60. The third kappa shape index (κ3) is 4.55. The molecule has 0 atom stereocenters. The van der Waals surface area contributed by atoms with Crippen LogP contribution in [0.5, 0.6) is 0 Å². The zero-order valence-corrected chi connectivity index (χ0v) is 14.5. The van der Waals surface area contributed by atoms with Gasteiger partial charge in [-0.05, 0) is 45.7 Å². The Balaban J connectivity index is 2.13. The van der Waals surface area contributed by atoms with Crippen LogP contribution in [0, 0.1) is 5.92 Å². The molecule has 3 nitrogen and oxygen atoms in total. The Bertz CT molecular complexity index is 443. The van der Waals surface area contributed by atoms with Gasteiger partial charge in [-0.15, -0.1) is 0 Å². The Hall–Kier alpha value is -0.870. The van der Waals surface area contributed by atoms with E-state index in [2.05, 4.69) is 35.1 Å². The van der Waals surface area contributed by atoms with E-state index in [1.165, 1.54) is 37.0 Å². The fraction of sp³-hybridized carbons (Fsp3) is 0.706. The minimum Gasteiger partial charge on any atom is -0.349 e. The summed E-state index contributed by atoms with van der Waals surface area (Å²) in [5.74, 6) is 0.769. The topological polar surface area (TPSA) is 28.2 Å². The normalized spacial score (nSPS) is 17.2. The first kappa shape index (κ1) is 16.5. The Morgan fingerprint density at radius 2 is 2.05 bits per heavy atom. The largest absolute Gasteiger partial charge is 0.349 e. The molecule has 0 bridgehead atoms. The standard InChI is InChI=1S/C17H29N3S/c1-4-20(5-2)17-19-13-16(21-17)11-15(12-18-3)14-9-7-6-8-10-14/h11,13-14,18H,4-10,12H2,1-3H3/b15-11-. The summed E-state index contributed by atoms with van der Waals surface area (Å²) in [7, 11) is 2.05. The van der Waals surface area contributed by atoms with Crippen molar-refractivity contribution in [1.82, 2.24) is 10.3 Å². The summed E-state index contributed by atoms with van der Waals surface area (Å²) in [5, 5.41) is 4.49. The fourth-order valence-corrected chi connectivity index (χ4v) is 4.18. The van der Waals surface area contributed by atoms with Crippen molar-refractivity contribution >= 4 is 22.5 Å². The summed E-state index contributed by atoms with van der Waals surface area (Å²) >= 11 is 1.82. The van der Waals surface area contributed by atoms with Gasteiger partial charge in [-0.3, -0.25) is 0 Å². The lowest BCUT2D eigenvalue weighted by molar-refractivity contribution is 0.398. The molecular weight excluding hydrogens is 278 g/mol. The third-order valence-electron chi connectivity index (χ3n) is 4.38. The summed E-state index contributed by atoms with van der Waals surface area (Å²) in [5.41, 5.74) is 1.56. The summed E-state index contributed by atoms with van der Waals surface area (Å²) in [4.78, 5) is 8.21. The van der Waals surface area contributed by atoms with E-state index >= 15 is 0 Å². The van der Waals surface area contributed by atoms with Crippen LogP contribution in [0.25, 0.3) is 6.08 Å². The molecule has 2 rings (SSSR count). The molecule has 1 aromatic rings. The Morgan fingerprint density at radius 3 is 2.67 bits per heavy atom. The molecule has 1 aliphatic rings. The average Bonchev–Trinajstić information content (AvgIpc) is 2.97. The van der Waals surface area contributed by atoms with Crippen molar-refractivity contribution in [3.8, 4) is 0 Å². The van der Waals surface area contributed by atoms with Crippen LogP contribution in [0.1, 0.15) is 50.8 Å².